The molecule has 4 aromatic rings. The molecule has 0 spiro atoms. The fraction of sp³-hybridized carbons (Fsp3) is 0.125. The van der Waals surface area contributed by atoms with E-state index in [-0.39, 0.29) is 22.9 Å². The predicted octanol–water partition coefficient (Wildman–Crippen LogP) is 2.85. The van der Waals surface area contributed by atoms with E-state index in [0.717, 1.165) is 6.20 Å². The van der Waals surface area contributed by atoms with Gasteiger partial charge in [0.25, 0.3) is 15.6 Å². The number of amides is 1. The molecule has 0 aliphatic heterocycles. The SMILES string of the molecule is COc1ccc(NS(=O)(=O)c2cc(NC(=O)Cn3c(=O)cnc4ccccc43)ccc2OC)cc1. The summed E-state index contributed by atoms with van der Waals surface area (Å²) in [4.78, 5) is 29.0. The van der Waals surface area contributed by atoms with Crippen LogP contribution in [0.1, 0.15) is 0 Å². The van der Waals surface area contributed by atoms with Crippen molar-refractivity contribution in [2.75, 3.05) is 24.3 Å². The highest BCUT2D eigenvalue weighted by atomic mass is 32.2. The van der Waals surface area contributed by atoms with Crippen LogP contribution in [-0.2, 0) is 21.4 Å². The Morgan fingerprint density at radius 1 is 0.971 bits per heavy atom. The predicted molar refractivity (Wildman–Crippen MR) is 131 cm³/mol. The molecule has 35 heavy (non-hydrogen) atoms. The van der Waals surface area contributed by atoms with E-state index in [1.807, 2.05) is 0 Å². The zero-order valence-corrected chi connectivity index (χ0v) is 19.7. The Labute approximate surface area is 201 Å². The molecule has 0 saturated carbocycles. The summed E-state index contributed by atoms with van der Waals surface area (Å²) in [7, 11) is -1.20. The Kier molecular flexibility index (Phi) is 6.69. The first-order valence-corrected chi connectivity index (χ1v) is 11.9. The number of carbonyl (C=O) groups excluding carboxylic acids is 1. The summed E-state index contributed by atoms with van der Waals surface area (Å²) < 4.78 is 40.2. The number of benzene rings is 3. The monoisotopic (exact) mass is 494 g/mol. The van der Waals surface area contributed by atoms with Crippen LogP contribution in [-0.4, -0.2) is 38.1 Å². The number of methoxy groups -OCH3 is 2. The first kappa shape index (κ1) is 23.8. The maximum Gasteiger partial charge on any atom is 0.269 e. The Morgan fingerprint density at radius 3 is 2.40 bits per heavy atom. The fourth-order valence-electron chi connectivity index (χ4n) is 3.46. The van der Waals surface area contributed by atoms with Crippen molar-refractivity contribution in [1.82, 2.24) is 9.55 Å². The van der Waals surface area contributed by atoms with E-state index < -0.39 is 21.5 Å². The minimum Gasteiger partial charge on any atom is -0.497 e. The Morgan fingerprint density at radius 2 is 1.69 bits per heavy atom. The lowest BCUT2D eigenvalue weighted by molar-refractivity contribution is -0.116. The number of fused-ring (bicyclic) bond motifs is 1. The third kappa shape index (κ3) is 5.25. The third-order valence-electron chi connectivity index (χ3n) is 5.13. The van der Waals surface area contributed by atoms with Gasteiger partial charge in [-0.15, -0.1) is 0 Å². The van der Waals surface area contributed by atoms with E-state index in [1.54, 1.807) is 48.5 Å². The molecular formula is C24H22N4O6S. The standard InChI is InChI=1S/C24H22N4O6S/c1-33-18-10-7-16(8-11-18)27-35(31,32)22-13-17(9-12-21(22)34-2)26-23(29)15-28-20-6-4-3-5-19(20)25-14-24(28)30/h3-14,27H,15H2,1-2H3,(H,26,29). The van der Waals surface area contributed by atoms with Crippen molar-refractivity contribution in [2.24, 2.45) is 0 Å². The lowest BCUT2D eigenvalue weighted by Gasteiger charge is -2.14. The summed E-state index contributed by atoms with van der Waals surface area (Å²) in [5, 5.41) is 2.64. The molecule has 0 unspecified atom stereocenters. The van der Waals surface area contributed by atoms with E-state index in [0.29, 0.717) is 22.5 Å². The molecular weight excluding hydrogens is 472 g/mol. The first-order chi connectivity index (χ1) is 16.8. The number of carbonyl (C=O) groups is 1. The van der Waals surface area contributed by atoms with E-state index >= 15 is 0 Å². The van der Waals surface area contributed by atoms with Crippen LogP contribution in [0.25, 0.3) is 11.0 Å². The van der Waals surface area contributed by atoms with Crippen LogP contribution >= 0.6 is 0 Å². The topological polar surface area (TPSA) is 129 Å². The molecule has 1 amide bonds. The average molecular weight is 495 g/mol. The van der Waals surface area contributed by atoms with Gasteiger partial charge in [0.1, 0.15) is 22.9 Å². The normalized spacial score (nSPS) is 11.1. The van der Waals surface area contributed by atoms with Crippen LogP contribution in [0.15, 0.2) is 82.6 Å². The van der Waals surface area contributed by atoms with Crippen LogP contribution < -0.4 is 25.1 Å². The zero-order chi connectivity index (χ0) is 25.0. The van der Waals surface area contributed by atoms with Crippen LogP contribution in [0.4, 0.5) is 11.4 Å². The molecule has 0 aliphatic carbocycles. The van der Waals surface area contributed by atoms with Gasteiger partial charge in [0.05, 0.1) is 31.4 Å². The lowest BCUT2D eigenvalue weighted by Crippen LogP contribution is -2.28. The van der Waals surface area contributed by atoms with E-state index in [1.165, 1.54) is 37.0 Å². The number of anilines is 2. The summed E-state index contributed by atoms with van der Waals surface area (Å²) in [6.45, 7) is -0.278. The van der Waals surface area contributed by atoms with Gasteiger partial charge in [0, 0.05) is 11.4 Å². The van der Waals surface area contributed by atoms with Gasteiger partial charge in [-0.25, -0.2) is 13.4 Å². The second kappa shape index (κ2) is 9.85. The van der Waals surface area contributed by atoms with Gasteiger partial charge in [-0.2, -0.15) is 0 Å². The van der Waals surface area contributed by atoms with Crippen molar-refractivity contribution in [1.29, 1.82) is 0 Å². The number of aromatic nitrogens is 2. The lowest BCUT2D eigenvalue weighted by atomic mass is 10.3. The number of hydrogen-bond acceptors (Lipinski definition) is 7. The van der Waals surface area contributed by atoms with Crippen molar-refractivity contribution < 1.29 is 22.7 Å². The molecule has 2 N–H and O–H groups in total. The number of nitrogens with one attached hydrogen (secondary N) is 2. The van der Waals surface area contributed by atoms with E-state index in [9.17, 15) is 18.0 Å². The second-order valence-corrected chi connectivity index (χ2v) is 9.07. The highest BCUT2D eigenvalue weighted by molar-refractivity contribution is 7.92. The molecule has 4 rings (SSSR count). The van der Waals surface area contributed by atoms with Crippen molar-refractivity contribution in [3.8, 4) is 11.5 Å². The van der Waals surface area contributed by atoms with E-state index in [2.05, 4.69) is 15.0 Å². The maximum atomic E-state index is 13.1. The average Bonchev–Trinajstić information content (AvgIpc) is 2.86. The molecule has 1 aromatic heterocycles. The molecule has 11 heteroatoms. The Bertz CT molecular complexity index is 1550. The maximum absolute atomic E-state index is 13.1. The Balaban J connectivity index is 1.58. The zero-order valence-electron chi connectivity index (χ0n) is 18.9. The molecule has 3 aromatic carbocycles. The third-order valence-corrected chi connectivity index (χ3v) is 6.54. The fourth-order valence-corrected chi connectivity index (χ4v) is 4.71. The Hall–Kier alpha value is -4.38. The van der Waals surface area contributed by atoms with Crippen molar-refractivity contribution in [3.63, 3.8) is 0 Å². The number of rotatable bonds is 8. The van der Waals surface area contributed by atoms with Crippen LogP contribution in [0, 0.1) is 0 Å². The highest BCUT2D eigenvalue weighted by Gasteiger charge is 2.21. The number of sulfonamides is 1. The van der Waals surface area contributed by atoms with Crippen LogP contribution in [0.3, 0.4) is 0 Å². The molecule has 0 saturated heterocycles. The summed E-state index contributed by atoms with van der Waals surface area (Å²) in [5.74, 6) is 0.164. The minimum atomic E-state index is -4.06. The molecule has 10 nitrogen and oxygen atoms in total. The number of hydrogen-bond donors (Lipinski definition) is 2. The largest absolute Gasteiger partial charge is 0.497 e. The van der Waals surface area contributed by atoms with Gasteiger partial charge >= 0.3 is 0 Å². The van der Waals surface area contributed by atoms with Crippen LogP contribution in [0.2, 0.25) is 0 Å². The minimum absolute atomic E-state index is 0.0976. The van der Waals surface area contributed by atoms with Crippen LogP contribution in [0.5, 0.6) is 11.5 Å². The molecule has 0 radical (unpaired) electrons. The number of ether oxygens (including phenoxy) is 2. The molecule has 1 heterocycles. The molecule has 180 valence electrons. The summed E-state index contributed by atoms with van der Waals surface area (Å²) in [6, 6.07) is 17.6. The van der Waals surface area contributed by atoms with Gasteiger partial charge in [0.15, 0.2) is 0 Å². The molecule has 0 fully saturated rings. The quantitative estimate of drug-likeness (QED) is 0.385. The van der Waals surface area contributed by atoms with Gasteiger partial charge in [0.2, 0.25) is 5.91 Å². The highest BCUT2D eigenvalue weighted by Crippen LogP contribution is 2.29. The van der Waals surface area contributed by atoms with E-state index in [4.69, 9.17) is 9.47 Å². The summed E-state index contributed by atoms with van der Waals surface area (Å²) in [5.41, 5.74) is 1.20. The molecule has 0 aliphatic rings. The van der Waals surface area contributed by atoms with Gasteiger partial charge in [-0.1, -0.05) is 12.1 Å². The van der Waals surface area contributed by atoms with Gasteiger partial charge in [-0.3, -0.25) is 18.9 Å². The summed E-state index contributed by atoms with van der Waals surface area (Å²) >= 11 is 0. The first-order valence-electron chi connectivity index (χ1n) is 10.4. The number of para-hydroxylation sites is 2. The number of nitrogens with zero attached hydrogens (tertiary/aromatic N) is 2. The van der Waals surface area contributed by atoms with Crippen molar-refractivity contribution in [2.45, 2.75) is 11.4 Å². The van der Waals surface area contributed by atoms with Crippen molar-refractivity contribution in [3.05, 3.63) is 83.3 Å². The summed E-state index contributed by atoms with van der Waals surface area (Å²) in [6.07, 6.45) is 1.15. The smallest absolute Gasteiger partial charge is 0.269 e. The second-order valence-electron chi connectivity index (χ2n) is 7.42. The van der Waals surface area contributed by atoms with Gasteiger partial charge < -0.3 is 14.8 Å². The molecule has 0 bridgehead atoms. The van der Waals surface area contributed by atoms with Crippen molar-refractivity contribution >= 4 is 38.3 Å². The molecule has 0 atom stereocenters. The van der Waals surface area contributed by atoms with Gasteiger partial charge in [-0.05, 0) is 54.6 Å².